The second kappa shape index (κ2) is 12.3. The molecule has 0 bridgehead atoms. The second-order valence-electron chi connectivity index (χ2n) is 12.0. The van der Waals surface area contributed by atoms with Crippen molar-refractivity contribution in [2.75, 3.05) is 27.9 Å². The number of fused-ring (bicyclic) bond motifs is 1. The molecule has 3 rings (SSSR count). The summed E-state index contributed by atoms with van der Waals surface area (Å²) in [5, 5.41) is 2.67. The number of methoxy groups -OCH3 is 3. The Morgan fingerprint density at radius 2 is 1.58 bits per heavy atom. The van der Waals surface area contributed by atoms with Crippen LogP contribution in [0.2, 0.25) is 0 Å². The first kappa shape index (κ1) is 33.5. The van der Waals surface area contributed by atoms with E-state index in [1.165, 1.54) is 31.3 Å². The van der Waals surface area contributed by atoms with Crippen molar-refractivity contribution in [2.45, 2.75) is 77.9 Å². The molecule has 12 nitrogen and oxygen atoms in total. The highest BCUT2D eigenvalue weighted by atomic mass is 19.4. The molecule has 1 aromatic heterocycles. The maximum atomic E-state index is 13.9. The zero-order chi connectivity index (χ0) is 32.5. The lowest BCUT2D eigenvalue weighted by atomic mass is 9.85. The summed E-state index contributed by atoms with van der Waals surface area (Å²) in [7, 11) is 3.83. The van der Waals surface area contributed by atoms with E-state index in [9.17, 15) is 27.6 Å². The van der Waals surface area contributed by atoms with Crippen molar-refractivity contribution in [2.24, 2.45) is 5.41 Å². The molecule has 1 aromatic carbocycles. The van der Waals surface area contributed by atoms with E-state index in [4.69, 9.17) is 23.7 Å². The minimum Gasteiger partial charge on any atom is -0.493 e. The Bertz CT molecular complexity index is 1370. The van der Waals surface area contributed by atoms with Gasteiger partial charge >= 0.3 is 18.2 Å². The van der Waals surface area contributed by atoms with Crippen LogP contribution in [0.15, 0.2) is 12.1 Å². The van der Waals surface area contributed by atoms with Crippen molar-refractivity contribution >= 4 is 28.9 Å². The van der Waals surface area contributed by atoms with Crippen molar-refractivity contribution in [1.29, 1.82) is 0 Å². The SMILES string of the molecule is COC(=O)[C@@H]1C[C@@H](Oc2nc(C(F)(F)F)nc3cc(OC)c(OC)cc23)CN1C(=O)C(NC(=O)OC(C)(C)C)C(C)(C)C. The van der Waals surface area contributed by atoms with Gasteiger partial charge in [-0.2, -0.15) is 18.2 Å². The fraction of sp³-hybridized carbons (Fsp3) is 0.607. The number of hydrogen-bond donors (Lipinski definition) is 1. The average Bonchev–Trinajstić information content (AvgIpc) is 3.31. The standard InChI is InChI=1S/C28H37F3N4O8/c1-26(2,3)20(33-25(38)43-27(4,5)6)22(36)35-13-14(10-17(35)23(37)41-9)42-21-15-11-18(39-7)19(40-8)12-16(15)32-24(34-21)28(29,30)31/h11-12,14,17,20H,10,13H2,1-9H3,(H,33,38)/t14-,17+,20?/m1/s1. The predicted molar refractivity (Wildman–Crippen MR) is 147 cm³/mol. The first-order chi connectivity index (χ1) is 19.8. The number of amides is 2. The fourth-order valence-electron chi connectivity index (χ4n) is 4.53. The normalized spacial score (nSPS) is 18.2. The van der Waals surface area contributed by atoms with Crippen LogP contribution in [-0.4, -0.2) is 84.5 Å². The van der Waals surface area contributed by atoms with Crippen LogP contribution in [0.5, 0.6) is 17.4 Å². The average molecular weight is 615 g/mol. The van der Waals surface area contributed by atoms with Crippen LogP contribution in [0.4, 0.5) is 18.0 Å². The molecular formula is C28H37F3N4O8. The predicted octanol–water partition coefficient (Wildman–Crippen LogP) is 4.13. The Morgan fingerprint density at radius 3 is 2.09 bits per heavy atom. The summed E-state index contributed by atoms with van der Waals surface area (Å²) in [6.45, 7) is 9.95. The third-order valence-corrected chi connectivity index (χ3v) is 6.49. The summed E-state index contributed by atoms with van der Waals surface area (Å²) < 4.78 is 67.9. The number of alkyl carbamates (subject to hydrolysis) is 1. The summed E-state index contributed by atoms with van der Waals surface area (Å²) in [5.74, 6) is -2.94. The van der Waals surface area contributed by atoms with Gasteiger partial charge in [-0.25, -0.2) is 14.6 Å². The number of likely N-dealkylation sites (tertiary alicyclic amines) is 1. The molecule has 1 fully saturated rings. The molecule has 1 N–H and O–H groups in total. The van der Waals surface area contributed by atoms with Crippen molar-refractivity contribution in [3.05, 3.63) is 18.0 Å². The molecule has 2 aromatic rings. The van der Waals surface area contributed by atoms with E-state index in [0.717, 1.165) is 7.11 Å². The lowest BCUT2D eigenvalue weighted by Gasteiger charge is -2.35. The number of carbonyl (C=O) groups is 3. The lowest BCUT2D eigenvalue weighted by molar-refractivity contribution is -0.152. The van der Waals surface area contributed by atoms with E-state index in [1.54, 1.807) is 41.5 Å². The molecule has 3 atom stereocenters. The molecule has 43 heavy (non-hydrogen) atoms. The van der Waals surface area contributed by atoms with Crippen LogP contribution in [0, 0.1) is 5.41 Å². The number of alkyl halides is 3. The Hall–Kier alpha value is -4.04. The first-order valence-electron chi connectivity index (χ1n) is 13.3. The van der Waals surface area contributed by atoms with Crippen LogP contribution in [-0.2, 0) is 25.2 Å². The van der Waals surface area contributed by atoms with Crippen molar-refractivity contribution in [1.82, 2.24) is 20.2 Å². The molecule has 1 saturated heterocycles. The van der Waals surface area contributed by atoms with Gasteiger partial charge in [0.05, 0.1) is 38.8 Å². The molecule has 0 radical (unpaired) electrons. The van der Waals surface area contributed by atoms with E-state index < -0.39 is 65.1 Å². The third-order valence-electron chi connectivity index (χ3n) is 6.49. The van der Waals surface area contributed by atoms with Gasteiger partial charge in [-0.1, -0.05) is 20.8 Å². The largest absolute Gasteiger partial charge is 0.493 e. The van der Waals surface area contributed by atoms with Gasteiger partial charge in [0, 0.05) is 12.5 Å². The fourth-order valence-corrected chi connectivity index (χ4v) is 4.53. The smallest absolute Gasteiger partial charge is 0.451 e. The lowest BCUT2D eigenvalue weighted by Crippen LogP contribution is -2.57. The van der Waals surface area contributed by atoms with Gasteiger partial charge in [0.1, 0.15) is 23.8 Å². The van der Waals surface area contributed by atoms with Gasteiger partial charge in [-0.15, -0.1) is 0 Å². The molecule has 1 unspecified atom stereocenters. The highest BCUT2D eigenvalue weighted by molar-refractivity contribution is 5.91. The number of hydrogen-bond acceptors (Lipinski definition) is 10. The zero-order valence-corrected chi connectivity index (χ0v) is 25.5. The minimum absolute atomic E-state index is 0.0872. The van der Waals surface area contributed by atoms with Crippen molar-refractivity contribution in [3.63, 3.8) is 0 Å². The van der Waals surface area contributed by atoms with E-state index in [1.807, 2.05) is 0 Å². The summed E-state index contributed by atoms with van der Waals surface area (Å²) in [6, 6.07) is 0.342. The number of esters is 1. The number of nitrogens with zero attached hydrogens (tertiary/aromatic N) is 3. The summed E-state index contributed by atoms with van der Waals surface area (Å²) >= 11 is 0. The van der Waals surface area contributed by atoms with Crippen molar-refractivity contribution in [3.8, 4) is 17.4 Å². The topological polar surface area (TPSA) is 138 Å². The second-order valence-corrected chi connectivity index (χ2v) is 12.0. The van der Waals surface area contributed by atoms with Gasteiger partial charge in [0.15, 0.2) is 11.5 Å². The maximum absolute atomic E-state index is 13.9. The number of halogens is 3. The summed E-state index contributed by atoms with van der Waals surface area (Å²) in [5.41, 5.74) is -1.79. The molecule has 1 aliphatic rings. The van der Waals surface area contributed by atoms with Gasteiger partial charge in [-0.05, 0) is 32.3 Å². The molecule has 0 spiro atoms. The van der Waals surface area contributed by atoms with Gasteiger partial charge < -0.3 is 33.9 Å². The third kappa shape index (κ3) is 7.87. The Kier molecular flexibility index (Phi) is 9.56. The van der Waals surface area contributed by atoms with Crippen LogP contribution < -0.4 is 19.5 Å². The molecule has 2 heterocycles. The van der Waals surface area contributed by atoms with Crippen LogP contribution in [0.25, 0.3) is 10.9 Å². The molecule has 1 aliphatic heterocycles. The van der Waals surface area contributed by atoms with Crippen LogP contribution in [0.1, 0.15) is 53.8 Å². The monoisotopic (exact) mass is 614 g/mol. The van der Waals surface area contributed by atoms with E-state index >= 15 is 0 Å². The highest BCUT2D eigenvalue weighted by Crippen LogP contribution is 2.38. The van der Waals surface area contributed by atoms with Gasteiger partial charge in [0.25, 0.3) is 0 Å². The Balaban J connectivity index is 2.01. The van der Waals surface area contributed by atoms with Crippen LogP contribution in [0.3, 0.4) is 0 Å². The van der Waals surface area contributed by atoms with E-state index in [0.29, 0.717) is 0 Å². The maximum Gasteiger partial charge on any atom is 0.451 e. The molecule has 15 heteroatoms. The minimum atomic E-state index is -4.90. The number of rotatable bonds is 7. The molecular weight excluding hydrogens is 577 g/mol. The quantitative estimate of drug-likeness (QED) is 0.453. The summed E-state index contributed by atoms with van der Waals surface area (Å²) in [4.78, 5) is 47.7. The van der Waals surface area contributed by atoms with Gasteiger partial charge in [0.2, 0.25) is 17.6 Å². The number of ether oxygens (including phenoxy) is 5. The number of nitrogens with one attached hydrogen (secondary N) is 1. The first-order valence-corrected chi connectivity index (χ1v) is 13.3. The molecule has 238 valence electrons. The van der Waals surface area contributed by atoms with E-state index in [-0.39, 0.29) is 35.4 Å². The Labute approximate surface area is 247 Å². The highest BCUT2D eigenvalue weighted by Gasteiger charge is 2.47. The molecule has 0 saturated carbocycles. The van der Waals surface area contributed by atoms with Crippen LogP contribution >= 0.6 is 0 Å². The van der Waals surface area contributed by atoms with E-state index in [2.05, 4.69) is 15.3 Å². The number of aromatic nitrogens is 2. The summed E-state index contributed by atoms with van der Waals surface area (Å²) in [6.07, 6.45) is -6.85. The van der Waals surface area contributed by atoms with Gasteiger partial charge in [-0.3, -0.25) is 4.79 Å². The number of benzene rings is 1. The van der Waals surface area contributed by atoms with Crippen molar-refractivity contribution < 1.29 is 51.2 Å². The Morgan fingerprint density at radius 1 is 0.977 bits per heavy atom. The molecule has 2 amide bonds. The zero-order valence-electron chi connectivity index (χ0n) is 25.5. The number of carbonyl (C=O) groups excluding carboxylic acids is 3. The molecule has 0 aliphatic carbocycles.